The molecule has 0 saturated carbocycles. The molecule has 3 N–H and O–H groups in total. The van der Waals surface area contributed by atoms with Crippen molar-refractivity contribution in [2.75, 3.05) is 19.0 Å². The van der Waals surface area contributed by atoms with Gasteiger partial charge < -0.3 is 20.1 Å². The van der Waals surface area contributed by atoms with Crippen LogP contribution in [0.5, 0.6) is 5.75 Å². The summed E-state index contributed by atoms with van der Waals surface area (Å²) in [6.07, 6.45) is 0.858. The quantitative estimate of drug-likeness (QED) is 0.536. The molecule has 0 aliphatic carbocycles. The average molecular weight is 429 g/mol. The summed E-state index contributed by atoms with van der Waals surface area (Å²) in [6, 6.07) is 15.5. The van der Waals surface area contributed by atoms with Crippen molar-refractivity contribution in [3.05, 3.63) is 76.6 Å². The van der Waals surface area contributed by atoms with Gasteiger partial charge in [-0.2, -0.15) is 5.10 Å². The fourth-order valence-corrected chi connectivity index (χ4v) is 3.35. The van der Waals surface area contributed by atoms with Crippen molar-refractivity contribution in [1.29, 1.82) is 0 Å². The highest BCUT2D eigenvalue weighted by Gasteiger charge is 2.21. The van der Waals surface area contributed by atoms with E-state index in [-0.39, 0.29) is 18.3 Å². The Morgan fingerprint density at radius 2 is 1.93 bits per heavy atom. The molecule has 8 heteroatoms. The average Bonchev–Trinajstić information content (AvgIpc) is 3.19. The van der Waals surface area contributed by atoms with Crippen LogP contribution in [-0.4, -0.2) is 29.8 Å². The third-order valence-corrected chi connectivity index (χ3v) is 4.90. The van der Waals surface area contributed by atoms with Crippen LogP contribution in [0, 0.1) is 0 Å². The molecule has 0 unspecified atom stereocenters. The maximum atomic E-state index is 12.6. The highest BCUT2D eigenvalue weighted by molar-refractivity contribution is 6.04. The van der Waals surface area contributed by atoms with E-state index in [4.69, 9.17) is 9.47 Å². The third kappa shape index (κ3) is 5.18. The minimum atomic E-state index is -0.206. The van der Waals surface area contributed by atoms with Crippen molar-refractivity contribution in [3.63, 3.8) is 0 Å². The molecule has 1 aromatic heterocycles. The number of nitrogens with one attached hydrogen (secondary N) is 3. The standard InChI is InChI=1S/C22H24N4O3.ClH/c1-28-18-7-5-15(6-8-18)13-29-14-16-3-2-4-17(11-16)24-22(27)21-19-12-23-10-9-20(19)25-26-21;/h2-8,11,23H,9-10,12-14H2,1H3,(H,24,27)(H,25,26);1H. The van der Waals surface area contributed by atoms with Gasteiger partial charge in [-0.1, -0.05) is 24.3 Å². The topological polar surface area (TPSA) is 88.3 Å². The number of nitrogens with zero attached hydrogens (tertiary/aromatic N) is 1. The number of hydrogen-bond acceptors (Lipinski definition) is 5. The molecule has 3 aromatic rings. The van der Waals surface area contributed by atoms with Gasteiger partial charge in [0.2, 0.25) is 0 Å². The van der Waals surface area contributed by atoms with Crippen LogP contribution < -0.4 is 15.4 Å². The van der Waals surface area contributed by atoms with Crippen molar-refractivity contribution in [2.45, 2.75) is 26.2 Å². The summed E-state index contributed by atoms with van der Waals surface area (Å²) in [5.74, 6) is 0.619. The predicted molar refractivity (Wildman–Crippen MR) is 117 cm³/mol. The molecule has 2 aromatic carbocycles. The summed E-state index contributed by atoms with van der Waals surface area (Å²) < 4.78 is 11.0. The van der Waals surface area contributed by atoms with Crippen molar-refractivity contribution < 1.29 is 14.3 Å². The number of benzene rings is 2. The van der Waals surface area contributed by atoms with Gasteiger partial charge in [0.15, 0.2) is 5.69 Å². The van der Waals surface area contributed by atoms with E-state index in [1.165, 1.54) is 0 Å². The Balaban J connectivity index is 0.00000256. The van der Waals surface area contributed by atoms with E-state index in [0.29, 0.717) is 25.5 Å². The molecule has 0 bridgehead atoms. The second kappa shape index (κ2) is 10.2. The second-order valence-electron chi connectivity index (χ2n) is 6.95. The monoisotopic (exact) mass is 428 g/mol. The number of halogens is 1. The number of aromatic amines is 1. The van der Waals surface area contributed by atoms with Crippen LogP contribution in [-0.2, 0) is 30.9 Å². The maximum absolute atomic E-state index is 12.6. The van der Waals surface area contributed by atoms with Crippen molar-refractivity contribution in [1.82, 2.24) is 15.5 Å². The Hall–Kier alpha value is -2.87. The first kappa shape index (κ1) is 21.8. The minimum Gasteiger partial charge on any atom is -0.497 e. The number of carbonyl (C=O) groups is 1. The lowest BCUT2D eigenvalue weighted by Crippen LogP contribution is -2.25. The molecule has 0 atom stereocenters. The Bertz CT molecular complexity index is 988. The van der Waals surface area contributed by atoms with Crippen LogP contribution in [0.1, 0.15) is 32.9 Å². The lowest BCUT2D eigenvalue weighted by molar-refractivity contribution is 0.102. The molecule has 1 aliphatic heterocycles. The number of aromatic nitrogens is 2. The van der Waals surface area contributed by atoms with Gasteiger partial charge in [0.25, 0.3) is 5.91 Å². The lowest BCUT2D eigenvalue weighted by atomic mass is 10.1. The summed E-state index contributed by atoms with van der Waals surface area (Å²) in [5.41, 5.74) is 5.23. The van der Waals surface area contributed by atoms with Crippen LogP contribution in [0.15, 0.2) is 48.5 Å². The summed E-state index contributed by atoms with van der Waals surface area (Å²) in [5, 5.41) is 13.4. The van der Waals surface area contributed by atoms with Crippen molar-refractivity contribution in [3.8, 4) is 5.75 Å². The first-order valence-corrected chi connectivity index (χ1v) is 9.61. The molecule has 1 aliphatic rings. The molecule has 30 heavy (non-hydrogen) atoms. The van der Waals surface area contributed by atoms with E-state index in [1.807, 2.05) is 48.5 Å². The van der Waals surface area contributed by atoms with Gasteiger partial charge >= 0.3 is 0 Å². The molecule has 1 amide bonds. The van der Waals surface area contributed by atoms with E-state index in [1.54, 1.807) is 7.11 Å². The molecule has 7 nitrogen and oxygen atoms in total. The number of carbonyl (C=O) groups excluding carboxylic acids is 1. The second-order valence-corrected chi connectivity index (χ2v) is 6.95. The third-order valence-electron chi connectivity index (χ3n) is 4.90. The molecule has 0 saturated heterocycles. The Morgan fingerprint density at radius 1 is 1.13 bits per heavy atom. The highest BCUT2D eigenvalue weighted by Crippen LogP contribution is 2.18. The maximum Gasteiger partial charge on any atom is 0.276 e. The molecular formula is C22H25ClN4O3. The van der Waals surface area contributed by atoms with Crippen LogP contribution in [0.25, 0.3) is 0 Å². The number of amides is 1. The van der Waals surface area contributed by atoms with Crippen LogP contribution in [0.4, 0.5) is 5.69 Å². The number of rotatable bonds is 7. The SMILES string of the molecule is COc1ccc(COCc2cccc(NC(=O)c3n[nH]c4c3CNCC4)c2)cc1.Cl. The first-order valence-electron chi connectivity index (χ1n) is 9.61. The number of methoxy groups -OCH3 is 1. The molecular weight excluding hydrogens is 404 g/mol. The fraction of sp³-hybridized carbons (Fsp3) is 0.273. The zero-order chi connectivity index (χ0) is 20.1. The van der Waals surface area contributed by atoms with Gasteiger partial charge in [-0.25, -0.2) is 0 Å². The Morgan fingerprint density at radius 3 is 2.73 bits per heavy atom. The van der Waals surface area contributed by atoms with Gasteiger partial charge in [-0.3, -0.25) is 9.89 Å². The van der Waals surface area contributed by atoms with Gasteiger partial charge in [0.1, 0.15) is 5.75 Å². The van der Waals surface area contributed by atoms with E-state index in [2.05, 4.69) is 20.8 Å². The number of ether oxygens (including phenoxy) is 2. The normalized spacial score (nSPS) is 12.6. The summed E-state index contributed by atoms with van der Waals surface area (Å²) >= 11 is 0. The minimum absolute atomic E-state index is 0. The first-order chi connectivity index (χ1) is 14.2. The smallest absolute Gasteiger partial charge is 0.276 e. The Kier molecular flexibility index (Phi) is 7.46. The van der Waals surface area contributed by atoms with E-state index in [0.717, 1.165) is 46.8 Å². The number of hydrogen-bond donors (Lipinski definition) is 3. The predicted octanol–water partition coefficient (Wildman–Crippen LogP) is 3.45. The number of fused-ring (bicyclic) bond motifs is 1. The van der Waals surface area contributed by atoms with Crippen LogP contribution in [0.2, 0.25) is 0 Å². The van der Waals surface area contributed by atoms with Crippen molar-refractivity contribution >= 4 is 24.0 Å². The van der Waals surface area contributed by atoms with Crippen LogP contribution >= 0.6 is 12.4 Å². The molecule has 2 heterocycles. The Labute approximate surface area is 181 Å². The molecule has 0 radical (unpaired) electrons. The molecule has 0 spiro atoms. The van der Waals surface area contributed by atoms with Gasteiger partial charge in [-0.15, -0.1) is 12.4 Å². The van der Waals surface area contributed by atoms with Gasteiger partial charge in [0, 0.05) is 36.5 Å². The summed E-state index contributed by atoms with van der Waals surface area (Å²) in [4.78, 5) is 12.6. The summed E-state index contributed by atoms with van der Waals surface area (Å²) in [6.45, 7) is 2.52. The number of H-pyrrole nitrogens is 1. The van der Waals surface area contributed by atoms with Crippen LogP contribution in [0.3, 0.4) is 0 Å². The zero-order valence-corrected chi connectivity index (χ0v) is 17.6. The van der Waals surface area contributed by atoms with E-state index in [9.17, 15) is 4.79 Å². The highest BCUT2D eigenvalue weighted by atomic mass is 35.5. The van der Waals surface area contributed by atoms with E-state index < -0.39 is 0 Å². The fourth-order valence-electron chi connectivity index (χ4n) is 3.35. The van der Waals surface area contributed by atoms with E-state index >= 15 is 0 Å². The largest absolute Gasteiger partial charge is 0.497 e. The molecule has 4 rings (SSSR count). The van der Waals surface area contributed by atoms with Gasteiger partial charge in [0.05, 0.1) is 20.3 Å². The van der Waals surface area contributed by atoms with Crippen molar-refractivity contribution in [2.24, 2.45) is 0 Å². The lowest BCUT2D eigenvalue weighted by Gasteiger charge is -2.13. The molecule has 158 valence electrons. The summed E-state index contributed by atoms with van der Waals surface area (Å²) in [7, 11) is 1.65. The zero-order valence-electron chi connectivity index (χ0n) is 16.7. The van der Waals surface area contributed by atoms with Gasteiger partial charge in [-0.05, 0) is 35.4 Å². The number of anilines is 1. The molecule has 0 fully saturated rings.